The van der Waals surface area contributed by atoms with E-state index in [1.807, 2.05) is 29.6 Å². The van der Waals surface area contributed by atoms with Crippen molar-refractivity contribution in [3.8, 4) is 23.1 Å². The lowest BCUT2D eigenvalue weighted by molar-refractivity contribution is -0.690. The summed E-state index contributed by atoms with van der Waals surface area (Å²) in [5, 5.41) is 14.3. The van der Waals surface area contributed by atoms with Crippen molar-refractivity contribution in [3.05, 3.63) is 80.1 Å². The van der Waals surface area contributed by atoms with Crippen molar-refractivity contribution in [2.24, 2.45) is 0 Å². The molecule has 0 bridgehead atoms. The fourth-order valence-electron chi connectivity index (χ4n) is 4.54. The zero-order valence-electron chi connectivity index (χ0n) is 17.6. The van der Waals surface area contributed by atoms with Crippen molar-refractivity contribution in [2.45, 2.75) is 12.5 Å². The molecule has 5 N–H and O–H groups in total. The third-order valence-corrected chi connectivity index (χ3v) is 6.01. The number of aromatic nitrogens is 3. The second-order valence-electron chi connectivity index (χ2n) is 7.68. The average molecular weight is 435 g/mol. The average Bonchev–Trinajstić information content (AvgIpc) is 3.18. The number of benzene rings is 2. The quantitative estimate of drug-likeness (QED) is 0.380. The van der Waals surface area contributed by atoms with E-state index in [0.29, 0.717) is 11.5 Å². The molecule has 9 heteroatoms. The lowest BCUT2D eigenvalue weighted by atomic mass is 9.95. The lowest BCUT2D eigenvalue weighted by Gasteiger charge is -2.22. The Balaban J connectivity index is 1.76. The highest BCUT2D eigenvalue weighted by molar-refractivity contribution is 5.85. The number of nitrogens with two attached hydrogens (primary N) is 1. The van der Waals surface area contributed by atoms with Crippen molar-refractivity contribution >= 4 is 10.9 Å². The number of H-pyrrole nitrogens is 2. The lowest BCUT2D eigenvalue weighted by Crippen LogP contribution is -2.87. The molecule has 0 amide bonds. The Morgan fingerprint density at radius 2 is 1.91 bits per heavy atom. The van der Waals surface area contributed by atoms with Crippen molar-refractivity contribution in [1.82, 2.24) is 14.5 Å². The van der Waals surface area contributed by atoms with E-state index in [9.17, 15) is 14.7 Å². The van der Waals surface area contributed by atoms with Gasteiger partial charge in [-0.2, -0.15) is 0 Å². The molecule has 0 unspecified atom stereocenters. The summed E-state index contributed by atoms with van der Waals surface area (Å²) in [7, 11) is 2.96. The van der Waals surface area contributed by atoms with Crippen LogP contribution >= 0.6 is 0 Å². The number of aromatic hydroxyl groups is 1. The Morgan fingerprint density at radius 1 is 1.09 bits per heavy atom. The number of nitrogens with zero attached hydrogens (tertiary/aromatic N) is 1. The molecule has 5 rings (SSSR count). The molecule has 0 spiro atoms. The Kier molecular flexibility index (Phi) is 4.75. The van der Waals surface area contributed by atoms with Gasteiger partial charge in [0.05, 0.1) is 32.1 Å². The van der Waals surface area contributed by atoms with Gasteiger partial charge in [-0.05, 0) is 23.8 Å². The molecule has 164 valence electrons. The predicted octanol–water partition coefficient (Wildman–Crippen LogP) is 0.939. The summed E-state index contributed by atoms with van der Waals surface area (Å²) in [6, 6.07) is 12.3. The molecule has 2 aromatic carbocycles. The predicted molar refractivity (Wildman–Crippen MR) is 118 cm³/mol. The van der Waals surface area contributed by atoms with Gasteiger partial charge >= 0.3 is 5.69 Å². The van der Waals surface area contributed by atoms with Gasteiger partial charge in [-0.15, -0.1) is 0 Å². The number of quaternary nitrogens is 1. The van der Waals surface area contributed by atoms with Crippen molar-refractivity contribution in [2.75, 3.05) is 20.8 Å². The van der Waals surface area contributed by atoms with Crippen LogP contribution in [0.15, 0.2) is 52.1 Å². The largest absolute Gasteiger partial charge is 0.497 e. The normalized spacial score (nSPS) is 15.5. The van der Waals surface area contributed by atoms with Gasteiger partial charge in [0.15, 0.2) is 6.04 Å². The van der Waals surface area contributed by atoms with Crippen LogP contribution in [0.1, 0.15) is 22.9 Å². The van der Waals surface area contributed by atoms with E-state index in [1.54, 1.807) is 18.2 Å². The van der Waals surface area contributed by atoms with E-state index < -0.39 is 23.2 Å². The Hall–Kier alpha value is -3.98. The van der Waals surface area contributed by atoms with Crippen LogP contribution in [-0.2, 0) is 6.42 Å². The molecule has 3 heterocycles. The molecule has 0 aliphatic carbocycles. The number of nitrogens with one attached hydrogen (secondary N) is 2. The number of rotatable bonds is 4. The zero-order chi connectivity index (χ0) is 22.4. The summed E-state index contributed by atoms with van der Waals surface area (Å²) in [5.41, 5.74) is 1.90. The molecule has 4 aromatic rings. The molecule has 1 aliphatic heterocycles. The zero-order valence-corrected chi connectivity index (χ0v) is 17.6. The molecule has 9 nitrogen and oxygen atoms in total. The molecule has 1 aliphatic rings. The Labute approximate surface area is 182 Å². The number of fused-ring (bicyclic) bond motifs is 3. The van der Waals surface area contributed by atoms with Crippen molar-refractivity contribution in [1.29, 1.82) is 0 Å². The first-order chi connectivity index (χ1) is 15.5. The standard InChI is InChI=1S/C23H22N4O5/c1-31-12-7-8-17(32-2)16(11-12)27-22(29)18(21(28)26-23(27)30)20-19-14(9-10-24-20)13-5-3-4-6-15(13)25-19/h3-8,11,20,24-25,29H,9-10H2,1-2H3,(H,26,28,30)/p+1/t20-/m0/s1. The van der Waals surface area contributed by atoms with Crippen molar-refractivity contribution < 1.29 is 19.9 Å². The number of hydrogen-bond donors (Lipinski definition) is 4. The van der Waals surface area contributed by atoms with Crippen LogP contribution in [0.5, 0.6) is 17.4 Å². The summed E-state index contributed by atoms with van der Waals surface area (Å²) in [6.07, 6.45) is 0.831. The van der Waals surface area contributed by atoms with Gasteiger partial charge in [0.2, 0.25) is 5.88 Å². The van der Waals surface area contributed by atoms with Gasteiger partial charge in [0.1, 0.15) is 17.1 Å². The number of ether oxygens (including phenoxy) is 2. The third-order valence-electron chi connectivity index (χ3n) is 6.01. The first kappa shape index (κ1) is 20.0. The monoisotopic (exact) mass is 435 g/mol. The van der Waals surface area contributed by atoms with Gasteiger partial charge in [-0.3, -0.25) is 9.78 Å². The maximum atomic E-state index is 12.9. The molecule has 32 heavy (non-hydrogen) atoms. The Bertz CT molecular complexity index is 1450. The fourth-order valence-corrected chi connectivity index (χ4v) is 4.54. The minimum Gasteiger partial charge on any atom is -0.497 e. The summed E-state index contributed by atoms with van der Waals surface area (Å²) < 4.78 is 11.7. The highest BCUT2D eigenvalue weighted by Crippen LogP contribution is 2.34. The summed E-state index contributed by atoms with van der Waals surface area (Å²) >= 11 is 0. The van der Waals surface area contributed by atoms with E-state index in [-0.39, 0.29) is 11.3 Å². The number of aromatic amines is 2. The molecule has 0 radical (unpaired) electrons. The molecule has 0 fully saturated rings. The van der Waals surface area contributed by atoms with Gasteiger partial charge in [0, 0.05) is 23.4 Å². The van der Waals surface area contributed by atoms with Crippen LogP contribution in [0.2, 0.25) is 0 Å². The molecule has 0 saturated heterocycles. The van der Waals surface area contributed by atoms with Crippen LogP contribution in [0.25, 0.3) is 16.6 Å². The van der Waals surface area contributed by atoms with E-state index >= 15 is 0 Å². The number of methoxy groups -OCH3 is 2. The van der Waals surface area contributed by atoms with E-state index in [4.69, 9.17) is 9.47 Å². The summed E-state index contributed by atoms with van der Waals surface area (Å²) in [4.78, 5) is 31.5. The first-order valence-electron chi connectivity index (χ1n) is 10.3. The van der Waals surface area contributed by atoms with Gasteiger partial charge < -0.3 is 24.9 Å². The van der Waals surface area contributed by atoms with Crippen LogP contribution in [0.4, 0.5) is 0 Å². The summed E-state index contributed by atoms with van der Waals surface area (Å²) in [5.74, 6) is 0.389. The maximum absolute atomic E-state index is 12.9. The topological polar surface area (TPSA) is 126 Å². The second kappa shape index (κ2) is 7.61. The maximum Gasteiger partial charge on any atom is 0.335 e. The minimum absolute atomic E-state index is 0.0991. The van der Waals surface area contributed by atoms with Gasteiger partial charge in [-0.1, -0.05) is 18.2 Å². The van der Waals surface area contributed by atoms with E-state index in [1.165, 1.54) is 14.2 Å². The summed E-state index contributed by atoms with van der Waals surface area (Å²) in [6.45, 7) is 0.736. The third kappa shape index (κ3) is 2.97. The molecule has 2 aromatic heterocycles. The highest BCUT2D eigenvalue weighted by Gasteiger charge is 2.34. The molecule has 0 saturated carbocycles. The van der Waals surface area contributed by atoms with E-state index in [0.717, 1.165) is 39.7 Å². The SMILES string of the molecule is COc1ccc(OC)c(-n2c(O)c([C@@H]3[NH2+]CCc4c3[nH]c3ccccc43)c(=O)[nH]c2=O)c1. The minimum atomic E-state index is -0.768. The molecular weight excluding hydrogens is 412 g/mol. The van der Waals surface area contributed by atoms with Gasteiger partial charge in [0.25, 0.3) is 5.56 Å². The van der Waals surface area contributed by atoms with Crippen molar-refractivity contribution in [3.63, 3.8) is 0 Å². The molecular formula is C23H23N4O5+. The smallest absolute Gasteiger partial charge is 0.335 e. The van der Waals surface area contributed by atoms with Crippen LogP contribution in [-0.4, -0.2) is 40.4 Å². The van der Waals surface area contributed by atoms with Crippen LogP contribution in [0, 0.1) is 0 Å². The van der Waals surface area contributed by atoms with Crippen LogP contribution in [0.3, 0.4) is 0 Å². The molecule has 1 atom stereocenters. The number of para-hydroxylation sites is 1. The second-order valence-corrected chi connectivity index (χ2v) is 7.68. The van der Waals surface area contributed by atoms with E-state index in [2.05, 4.69) is 9.97 Å². The highest BCUT2D eigenvalue weighted by atomic mass is 16.5. The Morgan fingerprint density at radius 3 is 2.69 bits per heavy atom. The van der Waals surface area contributed by atoms with Gasteiger partial charge in [-0.25, -0.2) is 9.36 Å². The number of hydrogen-bond acceptors (Lipinski definition) is 5. The van der Waals surface area contributed by atoms with Crippen LogP contribution < -0.4 is 26.0 Å². The fraction of sp³-hybridized carbons (Fsp3) is 0.217. The first-order valence-corrected chi connectivity index (χ1v) is 10.3.